The van der Waals surface area contributed by atoms with E-state index in [1.165, 1.54) is 4.90 Å². The fourth-order valence-electron chi connectivity index (χ4n) is 2.35. The van der Waals surface area contributed by atoms with Gasteiger partial charge in [-0.15, -0.1) is 0 Å². The zero-order valence-electron chi connectivity index (χ0n) is 13.6. The highest BCUT2D eigenvalue weighted by Crippen LogP contribution is 2.10. The van der Waals surface area contributed by atoms with Gasteiger partial charge in [-0.25, -0.2) is 4.79 Å². The molecule has 126 valence electrons. The van der Waals surface area contributed by atoms with E-state index in [1.54, 1.807) is 24.3 Å². The topological polar surface area (TPSA) is 69.1 Å². The lowest BCUT2D eigenvalue weighted by atomic mass is 10.2. The highest BCUT2D eigenvalue weighted by Gasteiger charge is 2.17. The second-order valence-electron chi connectivity index (χ2n) is 5.65. The van der Waals surface area contributed by atoms with Crippen molar-refractivity contribution in [2.45, 2.75) is 19.8 Å². The van der Waals surface area contributed by atoms with E-state index >= 15 is 0 Å². The van der Waals surface area contributed by atoms with Crippen LogP contribution >= 0.6 is 0 Å². The van der Waals surface area contributed by atoms with E-state index in [-0.39, 0.29) is 11.9 Å². The van der Waals surface area contributed by atoms with Gasteiger partial charge in [-0.05, 0) is 30.7 Å². The van der Waals surface area contributed by atoms with Crippen LogP contribution in [-0.4, -0.2) is 51.3 Å². The van der Waals surface area contributed by atoms with Crippen LogP contribution in [0.15, 0.2) is 24.3 Å². The molecule has 0 spiro atoms. The second-order valence-corrected chi connectivity index (χ2v) is 5.65. The Morgan fingerprint density at radius 3 is 2.57 bits per heavy atom. The van der Waals surface area contributed by atoms with Crippen molar-refractivity contribution in [1.82, 2.24) is 0 Å². The quantitative estimate of drug-likeness (QED) is 0.567. The summed E-state index contributed by atoms with van der Waals surface area (Å²) >= 11 is 0. The van der Waals surface area contributed by atoms with Gasteiger partial charge in [0.05, 0.1) is 25.4 Å². The number of amides is 1. The van der Waals surface area contributed by atoms with Gasteiger partial charge in [0, 0.05) is 5.69 Å². The van der Waals surface area contributed by atoms with E-state index in [1.807, 2.05) is 6.92 Å². The molecule has 1 aromatic carbocycles. The first-order valence-corrected chi connectivity index (χ1v) is 8.17. The predicted molar refractivity (Wildman–Crippen MR) is 86.6 cm³/mol. The summed E-state index contributed by atoms with van der Waals surface area (Å²) in [5, 5.41) is 2.85. The molecule has 1 aromatic rings. The molecule has 1 saturated heterocycles. The van der Waals surface area contributed by atoms with Crippen LogP contribution < -0.4 is 10.2 Å². The number of quaternary nitrogens is 1. The minimum Gasteiger partial charge on any atom is -0.462 e. The van der Waals surface area contributed by atoms with E-state index in [9.17, 15) is 9.59 Å². The SMILES string of the molecule is CCCCOC(=O)c1ccc(NC(=O)C[NH+]2CCOCC2)cc1. The monoisotopic (exact) mass is 321 g/mol. The normalized spacial score (nSPS) is 15.2. The van der Waals surface area contributed by atoms with Gasteiger partial charge in [-0.1, -0.05) is 13.3 Å². The van der Waals surface area contributed by atoms with Crippen LogP contribution in [0.3, 0.4) is 0 Å². The Kier molecular flexibility index (Phi) is 7.03. The molecule has 1 aliphatic heterocycles. The Balaban J connectivity index is 1.79. The molecule has 2 N–H and O–H groups in total. The molecule has 0 bridgehead atoms. The molecule has 6 nitrogen and oxygen atoms in total. The van der Waals surface area contributed by atoms with Crippen LogP contribution in [0.1, 0.15) is 30.1 Å². The number of benzene rings is 1. The molecule has 0 unspecified atom stereocenters. The number of ether oxygens (including phenoxy) is 2. The smallest absolute Gasteiger partial charge is 0.338 e. The number of carbonyl (C=O) groups excluding carboxylic acids is 2. The summed E-state index contributed by atoms with van der Waals surface area (Å²) in [4.78, 5) is 25.0. The Morgan fingerprint density at radius 2 is 1.91 bits per heavy atom. The molecule has 0 aliphatic carbocycles. The lowest BCUT2D eigenvalue weighted by molar-refractivity contribution is -0.899. The Labute approximate surface area is 136 Å². The maximum absolute atomic E-state index is 12.0. The van der Waals surface area contributed by atoms with Crippen molar-refractivity contribution in [1.29, 1.82) is 0 Å². The van der Waals surface area contributed by atoms with Gasteiger partial charge in [0.2, 0.25) is 0 Å². The molecule has 0 saturated carbocycles. The van der Waals surface area contributed by atoms with Crippen molar-refractivity contribution in [3.05, 3.63) is 29.8 Å². The maximum atomic E-state index is 12.0. The average Bonchev–Trinajstić information content (AvgIpc) is 2.56. The summed E-state index contributed by atoms with van der Waals surface area (Å²) < 4.78 is 10.4. The number of hydrogen-bond donors (Lipinski definition) is 2. The van der Waals surface area contributed by atoms with Crippen LogP contribution in [0, 0.1) is 0 Å². The summed E-state index contributed by atoms with van der Waals surface area (Å²) in [6.07, 6.45) is 1.85. The van der Waals surface area contributed by atoms with E-state index in [0.717, 1.165) is 25.9 Å². The van der Waals surface area contributed by atoms with Crippen LogP contribution in [0.2, 0.25) is 0 Å². The standard InChI is InChI=1S/C17H24N2O4/c1-2-3-10-23-17(21)14-4-6-15(7-5-14)18-16(20)13-19-8-11-22-12-9-19/h4-7H,2-3,8-13H2,1H3,(H,18,20)/p+1. The summed E-state index contributed by atoms with van der Waals surface area (Å²) in [6, 6.07) is 6.79. The molecule has 1 aliphatic rings. The summed E-state index contributed by atoms with van der Waals surface area (Å²) in [6.45, 7) is 6.05. The molecule has 1 amide bonds. The van der Waals surface area contributed by atoms with Crippen molar-refractivity contribution in [2.24, 2.45) is 0 Å². The van der Waals surface area contributed by atoms with Crippen LogP contribution in [0.4, 0.5) is 5.69 Å². The molecular formula is C17H25N2O4+. The summed E-state index contributed by atoms with van der Waals surface area (Å²) in [5.74, 6) is -0.353. The van der Waals surface area contributed by atoms with Gasteiger partial charge < -0.3 is 19.7 Å². The minimum absolute atomic E-state index is 0.0276. The number of rotatable bonds is 7. The van der Waals surface area contributed by atoms with E-state index in [2.05, 4.69) is 5.32 Å². The number of anilines is 1. The van der Waals surface area contributed by atoms with Crippen LogP contribution in [0.25, 0.3) is 0 Å². The fourth-order valence-corrected chi connectivity index (χ4v) is 2.35. The second kappa shape index (κ2) is 9.27. The van der Waals surface area contributed by atoms with Crippen molar-refractivity contribution >= 4 is 17.6 Å². The van der Waals surface area contributed by atoms with Gasteiger partial charge in [-0.3, -0.25) is 4.79 Å². The number of morpholine rings is 1. The molecule has 23 heavy (non-hydrogen) atoms. The molecule has 1 heterocycles. The lowest BCUT2D eigenvalue weighted by Gasteiger charge is -2.23. The van der Waals surface area contributed by atoms with Gasteiger partial charge >= 0.3 is 5.97 Å². The predicted octanol–water partition coefficient (Wildman–Crippen LogP) is 0.497. The third-order valence-electron chi connectivity index (χ3n) is 3.75. The molecule has 2 rings (SSSR count). The zero-order chi connectivity index (χ0) is 16.5. The minimum atomic E-state index is -0.325. The van der Waals surface area contributed by atoms with Gasteiger partial charge in [-0.2, -0.15) is 0 Å². The third kappa shape index (κ3) is 6.00. The van der Waals surface area contributed by atoms with E-state index < -0.39 is 0 Å². The highest BCUT2D eigenvalue weighted by molar-refractivity contribution is 5.93. The lowest BCUT2D eigenvalue weighted by Crippen LogP contribution is -3.15. The van der Waals surface area contributed by atoms with Gasteiger partial charge in [0.25, 0.3) is 5.91 Å². The number of esters is 1. The molecular weight excluding hydrogens is 296 g/mol. The molecule has 0 atom stereocenters. The number of nitrogens with one attached hydrogen (secondary N) is 2. The van der Waals surface area contributed by atoms with Crippen molar-refractivity contribution in [3.63, 3.8) is 0 Å². The number of carbonyl (C=O) groups is 2. The Hall–Kier alpha value is -1.92. The maximum Gasteiger partial charge on any atom is 0.338 e. The van der Waals surface area contributed by atoms with Crippen molar-refractivity contribution < 1.29 is 24.0 Å². The first-order chi connectivity index (χ1) is 11.2. The van der Waals surface area contributed by atoms with E-state index in [0.29, 0.717) is 37.6 Å². The van der Waals surface area contributed by atoms with E-state index in [4.69, 9.17) is 9.47 Å². The molecule has 6 heteroatoms. The molecule has 1 fully saturated rings. The average molecular weight is 321 g/mol. The Bertz CT molecular complexity index is 510. The first-order valence-electron chi connectivity index (χ1n) is 8.17. The molecule has 0 radical (unpaired) electrons. The van der Waals surface area contributed by atoms with Crippen molar-refractivity contribution in [3.8, 4) is 0 Å². The van der Waals surface area contributed by atoms with Gasteiger partial charge in [0.1, 0.15) is 13.1 Å². The first kappa shape index (κ1) is 17.4. The zero-order valence-corrected chi connectivity index (χ0v) is 13.6. The number of unbranched alkanes of at least 4 members (excludes halogenated alkanes) is 1. The van der Waals surface area contributed by atoms with Crippen LogP contribution in [-0.2, 0) is 14.3 Å². The Morgan fingerprint density at radius 1 is 1.22 bits per heavy atom. The summed E-state index contributed by atoms with van der Waals surface area (Å²) in [7, 11) is 0. The van der Waals surface area contributed by atoms with Gasteiger partial charge in [0.15, 0.2) is 6.54 Å². The fraction of sp³-hybridized carbons (Fsp3) is 0.529. The highest BCUT2D eigenvalue weighted by atomic mass is 16.5. The van der Waals surface area contributed by atoms with Crippen molar-refractivity contribution in [2.75, 3.05) is 44.8 Å². The largest absolute Gasteiger partial charge is 0.462 e. The molecule has 0 aromatic heterocycles. The third-order valence-corrected chi connectivity index (χ3v) is 3.75. The number of hydrogen-bond acceptors (Lipinski definition) is 4. The van der Waals surface area contributed by atoms with Crippen LogP contribution in [0.5, 0.6) is 0 Å². The summed E-state index contributed by atoms with van der Waals surface area (Å²) in [5.41, 5.74) is 1.19.